The number of nitrogens with zero attached hydrogens (tertiary/aromatic N) is 4. The highest BCUT2D eigenvalue weighted by Crippen LogP contribution is 2.04. The number of carbonyl (C=O) groups excluding carboxylic acids is 1. The predicted octanol–water partition coefficient (Wildman–Crippen LogP) is 0.354. The molecule has 0 aliphatic rings. The Morgan fingerprint density at radius 2 is 2.35 bits per heavy atom. The summed E-state index contributed by atoms with van der Waals surface area (Å²) >= 11 is 0. The summed E-state index contributed by atoms with van der Waals surface area (Å²) in [6.07, 6.45) is 6.14. The van der Waals surface area contributed by atoms with Crippen LogP contribution in [0.15, 0.2) is 36.9 Å². The van der Waals surface area contributed by atoms with Crippen LogP contribution in [0.4, 0.5) is 0 Å². The molecule has 0 unspecified atom stereocenters. The molecule has 0 atom stereocenters. The van der Waals surface area contributed by atoms with E-state index in [0.717, 1.165) is 17.2 Å². The second-order valence-electron chi connectivity index (χ2n) is 4.41. The van der Waals surface area contributed by atoms with E-state index in [4.69, 9.17) is 0 Å². The van der Waals surface area contributed by atoms with Gasteiger partial charge in [0.1, 0.15) is 17.8 Å². The quantitative estimate of drug-likeness (QED) is 0.700. The van der Waals surface area contributed by atoms with E-state index in [9.17, 15) is 4.79 Å². The molecule has 1 amide bonds. The molecule has 0 radical (unpaired) electrons. The molecule has 2 N–H and O–H groups in total. The van der Waals surface area contributed by atoms with E-state index >= 15 is 0 Å². The summed E-state index contributed by atoms with van der Waals surface area (Å²) in [7, 11) is 0. The first kappa shape index (κ1) is 12.3. The summed E-state index contributed by atoms with van der Waals surface area (Å²) in [6.45, 7) is 0.529. The summed E-state index contributed by atoms with van der Waals surface area (Å²) in [5, 5.41) is 9.34. The van der Waals surface area contributed by atoms with Crippen LogP contribution in [0.3, 0.4) is 0 Å². The fourth-order valence-corrected chi connectivity index (χ4v) is 1.97. The molecule has 0 bridgehead atoms. The van der Waals surface area contributed by atoms with Crippen molar-refractivity contribution in [3.63, 3.8) is 0 Å². The molecule has 3 rings (SSSR count). The lowest BCUT2D eigenvalue weighted by atomic mass is 10.3. The molecule has 3 aromatic rings. The Kier molecular flexibility index (Phi) is 3.40. The minimum absolute atomic E-state index is 0.0482. The lowest BCUT2D eigenvalue weighted by Crippen LogP contribution is -2.27. The third-order valence-electron chi connectivity index (χ3n) is 2.90. The molecule has 20 heavy (non-hydrogen) atoms. The van der Waals surface area contributed by atoms with E-state index in [0.29, 0.717) is 13.0 Å². The number of aromatic nitrogens is 5. The van der Waals surface area contributed by atoms with E-state index in [2.05, 4.69) is 25.5 Å². The number of nitrogens with one attached hydrogen (secondary N) is 2. The zero-order valence-electron chi connectivity index (χ0n) is 10.8. The molecule has 7 heteroatoms. The molecule has 102 valence electrons. The molecule has 0 saturated heterocycles. The van der Waals surface area contributed by atoms with Gasteiger partial charge in [-0.05, 0) is 12.1 Å². The molecule has 0 aliphatic heterocycles. The number of aromatic amines is 1. The van der Waals surface area contributed by atoms with Gasteiger partial charge in [-0.15, -0.1) is 0 Å². The molecule has 3 aromatic heterocycles. The van der Waals surface area contributed by atoms with Crippen molar-refractivity contribution in [3.05, 3.63) is 48.4 Å². The van der Waals surface area contributed by atoms with Crippen molar-refractivity contribution in [2.45, 2.75) is 12.8 Å². The van der Waals surface area contributed by atoms with Crippen LogP contribution < -0.4 is 5.32 Å². The average molecular weight is 270 g/mol. The van der Waals surface area contributed by atoms with Gasteiger partial charge >= 0.3 is 0 Å². The number of pyridine rings is 1. The zero-order valence-corrected chi connectivity index (χ0v) is 10.8. The van der Waals surface area contributed by atoms with E-state index < -0.39 is 0 Å². The second kappa shape index (κ2) is 5.52. The maximum atomic E-state index is 11.8. The number of H-pyrrole nitrogens is 1. The molecule has 7 nitrogen and oxygen atoms in total. The van der Waals surface area contributed by atoms with Gasteiger partial charge in [0.2, 0.25) is 5.91 Å². The minimum atomic E-state index is -0.0482. The van der Waals surface area contributed by atoms with Crippen molar-refractivity contribution in [3.8, 4) is 0 Å². The summed E-state index contributed by atoms with van der Waals surface area (Å²) < 4.78 is 1.90. The van der Waals surface area contributed by atoms with Crippen molar-refractivity contribution in [2.75, 3.05) is 6.54 Å². The highest BCUT2D eigenvalue weighted by Gasteiger charge is 2.07. The Morgan fingerprint density at radius 1 is 1.40 bits per heavy atom. The fourth-order valence-electron chi connectivity index (χ4n) is 1.97. The number of rotatable bonds is 5. The van der Waals surface area contributed by atoms with E-state index in [-0.39, 0.29) is 12.3 Å². The molecule has 0 fully saturated rings. The largest absolute Gasteiger partial charge is 0.355 e. The lowest BCUT2D eigenvalue weighted by Gasteiger charge is -2.01. The van der Waals surface area contributed by atoms with Crippen molar-refractivity contribution in [2.24, 2.45) is 0 Å². The van der Waals surface area contributed by atoms with Gasteiger partial charge in [-0.25, -0.2) is 9.97 Å². The van der Waals surface area contributed by atoms with Crippen LogP contribution >= 0.6 is 0 Å². The highest BCUT2D eigenvalue weighted by atomic mass is 16.1. The van der Waals surface area contributed by atoms with Gasteiger partial charge in [0.15, 0.2) is 0 Å². The van der Waals surface area contributed by atoms with Gasteiger partial charge in [0.25, 0.3) is 0 Å². The standard InChI is InChI=1S/C13H14N6O/c20-13(14-5-4-11-15-9-16-18-11)7-10-8-19-6-2-1-3-12(19)17-10/h1-3,6,8-9H,4-5,7H2,(H,14,20)(H,15,16,18). The normalized spacial score (nSPS) is 10.8. The van der Waals surface area contributed by atoms with Gasteiger partial charge in [0.05, 0.1) is 12.1 Å². The smallest absolute Gasteiger partial charge is 0.226 e. The molecular weight excluding hydrogens is 256 g/mol. The first-order valence-corrected chi connectivity index (χ1v) is 6.35. The van der Waals surface area contributed by atoms with Crippen molar-refractivity contribution in [1.29, 1.82) is 0 Å². The third-order valence-corrected chi connectivity index (χ3v) is 2.90. The molecular formula is C13H14N6O. The van der Waals surface area contributed by atoms with Crippen LogP contribution in [-0.2, 0) is 17.6 Å². The van der Waals surface area contributed by atoms with E-state index in [1.165, 1.54) is 6.33 Å². The SMILES string of the molecule is O=C(Cc1cn2ccccc2n1)NCCc1ncn[nH]1. The minimum Gasteiger partial charge on any atom is -0.355 e. The molecule has 0 saturated carbocycles. The Labute approximate surface area is 115 Å². The maximum absolute atomic E-state index is 11.8. The van der Waals surface area contributed by atoms with Crippen LogP contribution in [0.1, 0.15) is 11.5 Å². The second-order valence-corrected chi connectivity index (χ2v) is 4.41. The first-order chi connectivity index (χ1) is 9.81. The monoisotopic (exact) mass is 270 g/mol. The van der Waals surface area contributed by atoms with Crippen LogP contribution in [0, 0.1) is 0 Å². The average Bonchev–Trinajstić information content (AvgIpc) is 3.06. The van der Waals surface area contributed by atoms with Gasteiger partial charge in [-0.2, -0.15) is 5.10 Å². The number of fused-ring (bicyclic) bond motifs is 1. The summed E-state index contributed by atoms with van der Waals surface area (Å²) in [5.74, 6) is 0.714. The van der Waals surface area contributed by atoms with Gasteiger partial charge in [-0.3, -0.25) is 9.89 Å². The number of imidazole rings is 1. The molecule has 0 spiro atoms. The van der Waals surface area contributed by atoms with Gasteiger partial charge in [-0.1, -0.05) is 6.07 Å². The maximum Gasteiger partial charge on any atom is 0.226 e. The summed E-state index contributed by atoms with van der Waals surface area (Å²) in [6, 6.07) is 5.75. The zero-order chi connectivity index (χ0) is 13.8. The number of hydrogen-bond donors (Lipinski definition) is 2. The van der Waals surface area contributed by atoms with E-state index in [1.807, 2.05) is 35.0 Å². The van der Waals surface area contributed by atoms with Crippen molar-refractivity contribution < 1.29 is 4.79 Å². The lowest BCUT2D eigenvalue weighted by molar-refractivity contribution is -0.120. The Hall–Kier alpha value is -2.70. The molecule has 0 aliphatic carbocycles. The topological polar surface area (TPSA) is 88.0 Å². The fraction of sp³-hybridized carbons (Fsp3) is 0.231. The van der Waals surface area contributed by atoms with Gasteiger partial charge in [0, 0.05) is 25.4 Å². The van der Waals surface area contributed by atoms with Crippen molar-refractivity contribution in [1.82, 2.24) is 29.9 Å². The highest BCUT2D eigenvalue weighted by molar-refractivity contribution is 5.78. The van der Waals surface area contributed by atoms with Crippen LogP contribution in [0.5, 0.6) is 0 Å². The van der Waals surface area contributed by atoms with Crippen molar-refractivity contribution >= 4 is 11.6 Å². The Bertz CT molecular complexity index is 670. The number of amides is 1. The summed E-state index contributed by atoms with van der Waals surface area (Å²) in [5.41, 5.74) is 1.60. The summed E-state index contributed by atoms with van der Waals surface area (Å²) in [4.78, 5) is 20.2. The van der Waals surface area contributed by atoms with E-state index in [1.54, 1.807) is 0 Å². The third kappa shape index (κ3) is 2.82. The first-order valence-electron chi connectivity index (χ1n) is 6.35. The van der Waals surface area contributed by atoms with Crippen LogP contribution in [0.25, 0.3) is 5.65 Å². The van der Waals surface area contributed by atoms with Crippen LogP contribution in [0.2, 0.25) is 0 Å². The predicted molar refractivity (Wildman–Crippen MR) is 72.0 cm³/mol. The number of carbonyl (C=O) groups is 1. The number of hydrogen-bond acceptors (Lipinski definition) is 4. The van der Waals surface area contributed by atoms with Gasteiger partial charge < -0.3 is 9.72 Å². The Morgan fingerprint density at radius 3 is 3.15 bits per heavy atom. The molecule has 0 aromatic carbocycles. The molecule has 3 heterocycles. The Balaban J connectivity index is 1.53. The van der Waals surface area contributed by atoms with Crippen LogP contribution in [-0.4, -0.2) is 37.0 Å².